The molecule has 1 heterocycles. The molecule has 1 aliphatic rings. The number of carbonyl (C=O) groups is 2. The molecule has 2 aromatic rings. The summed E-state index contributed by atoms with van der Waals surface area (Å²) in [6.45, 7) is 1.83. The molecule has 3 rings (SSSR count). The van der Waals surface area contributed by atoms with Gasteiger partial charge < -0.3 is 21.3 Å². The summed E-state index contributed by atoms with van der Waals surface area (Å²) in [7, 11) is 0. The number of primary amides is 1. The molecule has 0 atom stereocenters. The molecule has 7 nitrogen and oxygen atoms in total. The highest BCUT2D eigenvalue weighted by molar-refractivity contribution is 6.31. The van der Waals surface area contributed by atoms with Gasteiger partial charge in [-0.25, -0.2) is 4.39 Å². The van der Waals surface area contributed by atoms with Crippen molar-refractivity contribution in [3.05, 3.63) is 58.4 Å². The Kier molecular flexibility index (Phi) is 8.92. The smallest absolute Gasteiger partial charge is 0.369 e. The lowest BCUT2D eigenvalue weighted by Gasteiger charge is -2.37. The number of nitrogens with one attached hydrogen (secondary N) is 2. The average Bonchev–Trinajstić information content (AvgIpc) is 2.78. The van der Waals surface area contributed by atoms with Crippen LogP contribution in [0.3, 0.4) is 0 Å². The van der Waals surface area contributed by atoms with Crippen LogP contribution < -0.4 is 21.3 Å². The van der Waals surface area contributed by atoms with Crippen LogP contribution >= 0.6 is 11.6 Å². The second kappa shape index (κ2) is 11.7. The van der Waals surface area contributed by atoms with E-state index in [0.29, 0.717) is 48.1 Å². The van der Waals surface area contributed by atoms with Gasteiger partial charge in [0.05, 0.1) is 29.9 Å². The predicted octanol–water partition coefficient (Wildman–Crippen LogP) is 3.38. The van der Waals surface area contributed by atoms with Gasteiger partial charge in [0.1, 0.15) is 5.82 Å². The van der Waals surface area contributed by atoms with Crippen molar-refractivity contribution in [2.24, 2.45) is 5.73 Å². The van der Waals surface area contributed by atoms with Crippen LogP contribution in [0, 0.1) is 5.82 Å². The van der Waals surface area contributed by atoms with Crippen LogP contribution in [0.2, 0.25) is 5.02 Å². The molecule has 1 fully saturated rings. The third-order valence-electron chi connectivity index (χ3n) is 5.54. The molecule has 0 spiro atoms. The van der Waals surface area contributed by atoms with E-state index in [1.807, 2.05) is 4.90 Å². The summed E-state index contributed by atoms with van der Waals surface area (Å²) in [5, 5.41) is 5.90. The van der Waals surface area contributed by atoms with Crippen LogP contribution in [-0.2, 0) is 11.3 Å². The normalized spacial score (nSPS) is 14.7. The number of piperazine rings is 1. The second-order valence-electron chi connectivity index (χ2n) is 8.19. The Morgan fingerprint density at radius 2 is 1.77 bits per heavy atom. The fraction of sp³-hybridized carbons (Fsp3) is 0.391. The lowest BCUT2D eigenvalue weighted by molar-refractivity contribution is -0.138. The number of halogens is 5. The summed E-state index contributed by atoms with van der Waals surface area (Å²) in [6.07, 6.45) is -5.06. The minimum atomic E-state index is -4.20. The fourth-order valence-electron chi connectivity index (χ4n) is 3.74. The molecule has 4 N–H and O–H groups in total. The highest BCUT2D eigenvalue weighted by Crippen LogP contribution is 2.31. The molecular formula is C23H26ClF4N5O2. The van der Waals surface area contributed by atoms with Crippen molar-refractivity contribution in [2.75, 3.05) is 49.5 Å². The Balaban J connectivity index is 1.66. The Labute approximate surface area is 205 Å². The molecular weight excluding hydrogens is 490 g/mol. The maximum absolute atomic E-state index is 14.6. The first kappa shape index (κ1) is 26.7. The molecule has 0 saturated carbocycles. The highest BCUT2D eigenvalue weighted by Gasteiger charge is 2.29. The maximum atomic E-state index is 14.6. The molecule has 0 radical (unpaired) electrons. The van der Waals surface area contributed by atoms with Crippen molar-refractivity contribution in [3.63, 3.8) is 0 Å². The first-order valence-corrected chi connectivity index (χ1v) is 11.3. The van der Waals surface area contributed by atoms with Gasteiger partial charge in [0.25, 0.3) is 5.91 Å². The summed E-state index contributed by atoms with van der Waals surface area (Å²) >= 11 is 6.15. The van der Waals surface area contributed by atoms with Gasteiger partial charge in [-0.3, -0.25) is 14.5 Å². The third kappa shape index (κ3) is 8.08. The SMILES string of the molecule is NC(=O)CNCc1ccc(C(=O)Nc2ccc(Cl)cc2N2CCN(CCC(F)(F)F)CC2)c(F)c1. The molecule has 1 saturated heterocycles. The van der Waals surface area contributed by atoms with E-state index in [-0.39, 0.29) is 25.2 Å². The van der Waals surface area contributed by atoms with Gasteiger partial charge in [-0.15, -0.1) is 0 Å². The van der Waals surface area contributed by atoms with Gasteiger partial charge in [0.2, 0.25) is 5.91 Å². The number of nitrogens with zero attached hydrogens (tertiary/aromatic N) is 2. The number of benzene rings is 2. The quantitative estimate of drug-likeness (QED) is 0.445. The van der Waals surface area contributed by atoms with Crippen LogP contribution in [0.5, 0.6) is 0 Å². The first-order chi connectivity index (χ1) is 16.5. The van der Waals surface area contributed by atoms with Crippen LogP contribution in [0.25, 0.3) is 0 Å². The Bertz CT molecular complexity index is 1060. The van der Waals surface area contributed by atoms with E-state index in [2.05, 4.69) is 10.6 Å². The molecule has 2 amide bonds. The van der Waals surface area contributed by atoms with Gasteiger partial charge in [-0.2, -0.15) is 13.2 Å². The predicted molar refractivity (Wildman–Crippen MR) is 126 cm³/mol. The molecule has 0 aliphatic carbocycles. The molecule has 2 aromatic carbocycles. The van der Waals surface area contributed by atoms with E-state index in [9.17, 15) is 27.2 Å². The van der Waals surface area contributed by atoms with Crippen LogP contribution in [0.4, 0.5) is 28.9 Å². The fourth-order valence-corrected chi connectivity index (χ4v) is 3.91. The van der Waals surface area contributed by atoms with Crippen molar-refractivity contribution < 1.29 is 27.2 Å². The number of rotatable bonds is 9. The maximum Gasteiger partial charge on any atom is 0.390 e. The molecule has 0 bridgehead atoms. The van der Waals surface area contributed by atoms with E-state index in [0.717, 1.165) is 0 Å². The number of hydrogen-bond acceptors (Lipinski definition) is 5. The van der Waals surface area contributed by atoms with E-state index < -0.39 is 30.2 Å². The van der Waals surface area contributed by atoms with Crippen molar-refractivity contribution in [1.82, 2.24) is 10.2 Å². The van der Waals surface area contributed by atoms with Gasteiger partial charge >= 0.3 is 6.18 Å². The number of nitrogens with two attached hydrogens (primary N) is 1. The number of alkyl halides is 3. The summed E-state index contributed by atoms with van der Waals surface area (Å²) < 4.78 is 52.1. The van der Waals surface area contributed by atoms with Crippen molar-refractivity contribution in [3.8, 4) is 0 Å². The number of hydrogen-bond donors (Lipinski definition) is 3. The molecule has 1 aliphatic heterocycles. The van der Waals surface area contributed by atoms with E-state index in [4.69, 9.17) is 17.3 Å². The van der Waals surface area contributed by atoms with Crippen molar-refractivity contribution in [1.29, 1.82) is 0 Å². The van der Waals surface area contributed by atoms with Gasteiger partial charge in [0.15, 0.2) is 0 Å². The summed E-state index contributed by atoms with van der Waals surface area (Å²) in [4.78, 5) is 27.3. The zero-order valence-corrected chi connectivity index (χ0v) is 19.6. The molecule has 190 valence electrons. The monoisotopic (exact) mass is 515 g/mol. The van der Waals surface area contributed by atoms with Crippen molar-refractivity contribution >= 4 is 34.8 Å². The minimum Gasteiger partial charge on any atom is -0.369 e. The topological polar surface area (TPSA) is 90.7 Å². The number of amides is 2. The molecule has 0 aromatic heterocycles. The largest absolute Gasteiger partial charge is 0.390 e. The Morgan fingerprint density at radius 1 is 1.06 bits per heavy atom. The number of carbonyl (C=O) groups excluding carboxylic acids is 2. The summed E-state index contributed by atoms with van der Waals surface area (Å²) in [6, 6.07) is 8.96. The molecule has 0 unspecified atom stereocenters. The standard InChI is InChI=1S/C23H26ClF4N5O2/c24-16-2-4-19(20(12-16)33-9-7-32(8-10-33)6-5-23(26,27)28)31-22(35)17-3-1-15(11-18(17)25)13-30-14-21(29)34/h1-4,11-12,30H,5-10,13-14H2,(H2,29,34)(H,31,35). The van der Waals surface area contributed by atoms with E-state index in [1.54, 1.807) is 29.2 Å². The molecule has 35 heavy (non-hydrogen) atoms. The van der Waals surface area contributed by atoms with Crippen LogP contribution in [-0.4, -0.2) is 62.2 Å². The van der Waals surface area contributed by atoms with Gasteiger partial charge in [0, 0.05) is 44.3 Å². The van der Waals surface area contributed by atoms with E-state index >= 15 is 0 Å². The van der Waals surface area contributed by atoms with E-state index in [1.165, 1.54) is 12.1 Å². The second-order valence-corrected chi connectivity index (χ2v) is 8.63. The minimum absolute atomic E-state index is 0.0558. The van der Waals surface area contributed by atoms with Gasteiger partial charge in [-0.05, 0) is 35.9 Å². The highest BCUT2D eigenvalue weighted by atomic mass is 35.5. The van der Waals surface area contributed by atoms with Crippen LogP contribution in [0.15, 0.2) is 36.4 Å². The van der Waals surface area contributed by atoms with Crippen LogP contribution in [0.1, 0.15) is 22.3 Å². The van der Waals surface area contributed by atoms with Gasteiger partial charge in [-0.1, -0.05) is 17.7 Å². The number of anilines is 2. The molecule has 12 heteroatoms. The zero-order chi connectivity index (χ0) is 25.6. The lowest BCUT2D eigenvalue weighted by Crippen LogP contribution is -2.47. The first-order valence-electron chi connectivity index (χ1n) is 10.9. The average molecular weight is 516 g/mol. The summed E-state index contributed by atoms with van der Waals surface area (Å²) in [5.74, 6) is -1.93. The zero-order valence-electron chi connectivity index (χ0n) is 18.8. The lowest BCUT2D eigenvalue weighted by atomic mass is 10.1. The Morgan fingerprint density at radius 3 is 2.40 bits per heavy atom. The third-order valence-corrected chi connectivity index (χ3v) is 5.77. The van der Waals surface area contributed by atoms with Crippen molar-refractivity contribution in [2.45, 2.75) is 19.1 Å². The Hall–Kier alpha value is -2.89. The summed E-state index contributed by atoms with van der Waals surface area (Å²) in [5.41, 5.74) is 6.44.